The van der Waals surface area contributed by atoms with Gasteiger partial charge in [-0.1, -0.05) is 19.1 Å². The number of nitrogens with one attached hydrogen (secondary N) is 2. The van der Waals surface area contributed by atoms with E-state index in [1.54, 1.807) is 60.5 Å². The molecule has 5 N–H and O–H groups in total. The summed E-state index contributed by atoms with van der Waals surface area (Å²) in [5.74, 6) is -1.47. The number of ether oxygens (including phenoxy) is 1. The van der Waals surface area contributed by atoms with E-state index >= 15 is 0 Å². The molecule has 1 aliphatic heterocycles. The average molecular weight is 481 g/mol. The molecule has 9 nitrogen and oxygen atoms in total. The van der Waals surface area contributed by atoms with E-state index in [-0.39, 0.29) is 30.5 Å². The molecule has 0 aromatic heterocycles. The molecule has 0 saturated carbocycles. The van der Waals surface area contributed by atoms with E-state index in [1.807, 2.05) is 6.92 Å². The van der Waals surface area contributed by atoms with Crippen molar-refractivity contribution in [1.29, 1.82) is 5.41 Å². The zero-order valence-electron chi connectivity index (χ0n) is 20.0. The maximum atomic E-state index is 13.2. The van der Waals surface area contributed by atoms with Crippen LogP contribution in [0.5, 0.6) is 5.75 Å². The number of methoxy groups -OCH3 is 1. The minimum atomic E-state index is -1.10. The van der Waals surface area contributed by atoms with Crippen LogP contribution >= 0.6 is 0 Å². The number of nitrogen functional groups attached to an aromatic ring is 1. The molecule has 0 aliphatic carbocycles. The first kappa shape index (κ1) is 25.7. The van der Waals surface area contributed by atoms with Gasteiger partial charge in [-0.3, -0.25) is 19.8 Å². The average Bonchev–Trinajstić information content (AvgIpc) is 2.84. The van der Waals surface area contributed by atoms with Crippen LogP contribution in [-0.2, 0) is 19.9 Å². The van der Waals surface area contributed by atoms with Gasteiger partial charge in [0, 0.05) is 30.1 Å². The van der Waals surface area contributed by atoms with Crippen LogP contribution < -0.4 is 20.7 Å². The first-order valence-electron chi connectivity index (χ1n) is 11.6. The summed E-state index contributed by atoms with van der Waals surface area (Å²) in [6, 6.07) is 13.8. The minimum Gasteiger partial charge on any atom is -0.497 e. The van der Waals surface area contributed by atoms with Crippen molar-refractivity contribution in [3.8, 4) is 5.75 Å². The summed E-state index contributed by atoms with van der Waals surface area (Å²) < 4.78 is 5.19. The lowest BCUT2D eigenvalue weighted by molar-refractivity contribution is -0.140. The Hall–Kier alpha value is -3.88. The summed E-state index contributed by atoms with van der Waals surface area (Å²) in [4.78, 5) is 39.7. The summed E-state index contributed by atoms with van der Waals surface area (Å²) in [5.41, 5.74) is 6.34. The van der Waals surface area contributed by atoms with Gasteiger partial charge in [-0.05, 0) is 61.2 Å². The van der Waals surface area contributed by atoms with Gasteiger partial charge in [-0.15, -0.1) is 0 Å². The van der Waals surface area contributed by atoms with Crippen molar-refractivity contribution in [2.45, 2.75) is 44.6 Å². The number of nitrogens with two attached hydrogens (primary N) is 1. The number of aliphatic carboxylic acids is 1. The van der Waals surface area contributed by atoms with Gasteiger partial charge in [0.15, 0.2) is 0 Å². The van der Waals surface area contributed by atoms with Crippen molar-refractivity contribution in [3.05, 3.63) is 59.7 Å². The number of amides is 2. The smallest absolute Gasteiger partial charge is 0.306 e. The number of hydrogen-bond acceptors (Lipinski definition) is 5. The van der Waals surface area contributed by atoms with Crippen molar-refractivity contribution < 1.29 is 24.2 Å². The molecular formula is C26H32N4O5. The standard InChI is InChI=1S/C26H32N4O5/c1-3-26(16-23(32)33,19-8-12-21(35-2)13-9-19)29-22(31)15-18-5-4-14-30(25(18)34)20-10-6-17(7-11-20)24(27)28/h6-13,18H,3-5,14-16H2,1-2H3,(H3,27,28)(H,29,31)(H,32,33). The number of piperidine rings is 1. The van der Waals surface area contributed by atoms with E-state index in [9.17, 15) is 19.5 Å². The van der Waals surface area contributed by atoms with Gasteiger partial charge in [0.25, 0.3) is 0 Å². The van der Waals surface area contributed by atoms with E-state index in [1.165, 1.54) is 0 Å². The second-order valence-corrected chi connectivity index (χ2v) is 8.78. The summed E-state index contributed by atoms with van der Waals surface area (Å²) in [6.45, 7) is 2.37. The second-order valence-electron chi connectivity index (χ2n) is 8.78. The molecule has 2 atom stereocenters. The predicted molar refractivity (Wildman–Crippen MR) is 133 cm³/mol. The summed E-state index contributed by atoms with van der Waals surface area (Å²) >= 11 is 0. The molecule has 35 heavy (non-hydrogen) atoms. The van der Waals surface area contributed by atoms with Gasteiger partial charge < -0.3 is 25.8 Å². The number of carboxylic acid groups (broad SMARTS) is 1. The van der Waals surface area contributed by atoms with Gasteiger partial charge in [-0.2, -0.15) is 0 Å². The highest BCUT2D eigenvalue weighted by Gasteiger charge is 2.37. The van der Waals surface area contributed by atoms with Crippen LogP contribution in [-0.4, -0.2) is 42.4 Å². The first-order chi connectivity index (χ1) is 16.7. The monoisotopic (exact) mass is 480 g/mol. The highest BCUT2D eigenvalue weighted by atomic mass is 16.5. The van der Waals surface area contributed by atoms with Gasteiger partial charge in [0.2, 0.25) is 11.8 Å². The lowest BCUT2D eigenvalue weighted by Crippen LogP contribution is -2.49. The van der Waals surface area contributed by atoms with Gasteiger partial charge in [0.1, 0.15) is 11.6 Å². The van der Waals surface area contributed by atoms with Crippen LogP contribution in [0, 0.1) is 11.3 Å². The number of benzene rings is 2. The third kappa shape index (κ3) is 5.98. The van der Waals surface area contributed by atoms with Crippen molar-refractivity contribution in [2.24, 2.45) is 11.7 Å². The van der Waals surface area contributed by atoms with E-state index in [2.05, 4.69) is 5.32 Å². The summed E-state index contributed by atoms with van der Waals surface area (Å²) in [7, 11) is 1.54. The molecule has 1 fully saturated rings. The minimum absolute atomic E-state index is 0.0294. The highest BCUT2D eigenvalue weighted by Crippen LogP contribution is 2.32. The number of carbonyl (C=O) groups excluding carboxylic acids is 2. The third-order valence-electron chi connectivity index (χ3n) is 6.55. The SMILES string of the molecule is CCC(CC(=O)O)(NC(=O)CC1CCCN(c2ccc(C(=N)N)cc2)C1=O)c1ccc(OC)cc1. The number of rotatable bonds is 10. The van der Waals surface area contributed by atoms with Gasteiger partial charge in [-0.25, -0.2) is 0 Å². The predicted octanol–water partition coefficient (Wildman–Crippen LogP) is 3.01. The maximum Gasteiger partial charge on any atom is 0.306 e. The molecule has 1 saturated heterocycles. The van der Waals surface area contributed by atoms with Crippen LogP contribution in [0.2, 0.25) is 0 Å². The first-order valence-corrected chi connectivity index (χ1v) is 11.6. The zero-order chi connectivity index (χ0) is 25.6. The topological polar surface area (TPSA) is 146 Å². The van der Waals surface area contributed by atoms with Gasteiger partial charge >= 0.3 is 5.97 Å². The van der Waals surface area contributed by atoms with Crippen LogP contribution in [0.3, 0.4) is 0 Å². The molecule has 0 spiro atoms. The largest absolute Gasteiger partial charge is 0.497 e. The Morgan fingerprint density at radius 3 is 2.40 bits per heavy atom. The number of hydrogen-bond donors (Lipinski definition) is 4. The van der Waals surface area contributed by atoms with Crippen molar-refractivity contribution >= 4 is 29.3 Å². The highest BCUT2D eigenvalue weighted by molar-refractivity contribution is 5.99. The molecule has 1 aliphatic rings. The number of anilines is 1. The van der Waals surface area contributed by atoms with Crippen LogP contribution in [0.25, 0.3) is 0 Å². The molecule has 1 heterocycles. The van der Waals surface area contributed by atoms with E-state index in [0.717, 1.165) is 6.42 Å². The van der Waals surface area contributed by atoms with Crippen molar-refractivity contribution in [1.82, 2.24) is 5.32 Å². The fourth-order valence-corrected chi connectivity index (χ4v) is 4.56. The molecule has 0 radical (unpaired) electrons. The van der Waals surface area contributed by atoms with Crippen molar-refractivity contribution in [3.63, 3.8) is 0 Å². The molecule has 9 heteroatoms. The molecule has 0 bridgehead atoms. The Labute approximate surface area is 204 Å². The zero-order valence-corrected chi connectivity index (χ0v) is 20.0. The lowest BCUT2D eigenvalue weighted by Gasteiger charge is -2.35. The molecular weight excluding hydrogens is 448 g/mol. The molecule has 2 aromatic rings. The lowest BCUT2D eigenvalue weighted by atomic mass is 9.83. The van der Waals surface area contributed by atoms with Crippen LogP contribution in [0.4, 0.5) is 5.69 Å². The summed E-state index contributed by atoms with van der Waals surface area (Å²) in [6.07, 6.45) is 1.37. The Bertz CT molecular complexity index is 1080. The maximum absolute atomic E-state index is 13.2. The summed E-state index contributed by atoms with van der Waals surface area (Å²) in [5, 5.41) is 20.0. The molecule has 2 aromatic carbocycles. The molecule has 3 rings (SSSR count). The molecule has 186 valence electrons. The number of nitrogens with zero attached hydrogens (tertiary/aromatic N) is 1. The van der Waals surface area contributed by atoms with E-state index < -0.39 is 17.4 Å². The number of amidine groups is 1. The number of carbonyl (C=O) groups is 3. The Morgan fingerprint density at radius 2 is 1.86 bits per heavy atom. The third-order valence-corrected chi connectivity index (χ3v) is 6.55. The van der Waals surface area contributed by atoms with Gasteiger partial charge in [0.05, 0.1) is 19.1 Å². The fraction of sp³-hybridized carbons (Fsp3) is 0.385. The molecule has 2 amide bonds. The molecule has 2 unspecified atom stereocenters. The Morgan fingerprint density at radius 1 is 1.20 bits per heavy atom. The number of carboxylic acids is 1. The van der Waals surface area contributed by atoms with Crippen molar-refractivity contribution in [2.75, 3.05) is 18.6 Å². The Kier molecular flexibility index (Phi) is 8.11. The van der Waals surface area contributed by atoms with E-state index in [0.29, 0.717) is 42.0 Å². The fourth-order valence-electron chi connectivity index (χ4n) is 4.56. The normalized spacial score (nSPS) is 17.4. The van der Waals surface area contributed by atoms with E-state index in [4.69, 9.17) is 15.9 Å². The van der Waals surface area contributed by atoms with Crippen LogP contribution in [0.1, 0.15) is 50.2 Å². The van der Waals surface area contributed by atoms with Crippen LogP contribution in [0.15, 0.2) is 48.5 Å². The Balaban J connectivity index is 1.76. The quantitative estimate of drug-likeness (QED) is 0.304. The second kappa shape index (κ2) is 11.0.